The minimum absolute atomic E-state index is 0.141. The highest BCUT2D eigenvalue weighted by Crippen LogP contribution is 2.15. The van der Waals surface area contributed by atoms with Crippen molar-refractivity contribution in [3.05, 3.63) is 29.6 Å². The second kappa shape index (κ2) is 4.89. The second-order valence-electron chi connectivity index (χ2n) is 4.39. The molecule has 1 aliphatic heterocycles. The average Bonchev–Trinajstić information content (AvgIpc) is 2.65. The van der Waals surface area contributed by atoms with Crippen LogP contribution in [-0.2, 0) is 6.42 Å². The summed E-state index contributed by atoms with van der Waals surface area (Å²) in [5.74, 6) is 0. The molecule has 2 N–H and O–H groups in total. The zero-order chi connectivity index (χ0) is 11.5. The molecule has 0 amide bonds. The summed E-state index contributed by atoms with van der Waals surface area (Å²) in [5.41, 5.74) is 1.80. The third kappa shape index (κ3) is 2.77. The summed E-state index contributed by atoms with van der Waals surface area (Å²) in [6, 6.07) is 5.58. The van der Waals surface area contributed by atoms with E-state index in [1.54, 1.807) is 0 Å². The highest BCUT2D eigenvalue weighted by atomic mass is 19.1. The van der Waals surface area contributed by atoms with Gasteiger partial charge in [0.15, 0.2) is 0 Å². The van der Waals surface area contributed by atoms with Gasteiger partial charge < -0.3 is 10.4 Å². The van der Waals surface area contributed by atoms with Crippen LogP contribution in [0.1, 0.15) is 17.8 Å². The average molecular weight is 224 g/mol. The fraction of sp³-hybridized carbons (Fsp3) is 0.583. The van der Waals surface area contributed by atoms with E-state index in [1.807, 2.05) is 25.1 Å². The van der Waals surface area contributed by atoms with Crippen LogP contribution in [0.4, 0.5) is 4.39 Å². The highest BCUT2D eigenvalue weighted by molar-refractivity contribution is 5.11. The molecule has 1 aliphatic rings. The Labute approximate surface area is 94.7 Å². The lowest BCUT2D eigenvalue weighted by Crippen LogP contribution is -2.36. The Kier molecular flexibility index (Phi) is 3.51. The lowest BCUT2D eigenvalue weighted by atomic mass is 10.0. The normalized spacial score (nSPS) is 26.9. The van der Waals surface area contributed by atoms with Gasteiger partial charge in [-0.05, 0) is 25.5 Å². The first-order chi connectivity index (χ1) is 7.65. The predicted molar refractivity (Wildman–Crippen MR) is 60.0 cm³/mol. The van der Waals surface area contributed by atoms with Crippen molar-refractivity contribution in [3.63, 3.8) is 0 Å². The van der Waals surface area contributed by atoms with Crippen molar-refractivity contribution >= 4 is 0 Å². The maximum atomic E-state index is 12.9. The molecule has 0 saturated carbocycles. The van der Waals surface area contributed by atoms with Gasteiger partial charge in [0.2, 0.25) is 0 Å². The topological polar surface area (TPSA) is 45.1 Å². The van der Waals surface area contributed by atoms with E-state index < -0.39 is 12.3 Å². The summed E-state index contributed by atoms with van der Waals surface area (Å²) in [7, 11) is 0. The SMILES string of the molecule is Cc1cccc(CC(O)[C@@H]2C[C@@H](F)CN2)n1. The van der Waals surface area contributed by atoms with Crippen LogP contribution in [0.15, 0.2) is 18.2 Å². The smallest absolute Gasteiger partial charge is 0.114 e. The van der Waals surface area contributed by atoms with E-state index in [0.717, 1.165) is 11.4 Å². The Morgan fingerprint density at radius 3 is 3.06 bits per heavy atom. The van der Waals surface area contributed by atoms with Crippen molar-refractivity contribution in [2.75, 3.05) is 6.54 Å². The molecule has 4 heteroatoms. The lowest BCUT2D eigenvalue weighted by Gasteiger charge is -2.17. The number of aliphatic hydroxyl groups excluding tert-OH is 1. The van der Waals surface area contributed by atoms with E-state index in [4.69, 9.17) is 0 Å². The number of aliphatic hydroxyl groups is 1. The molecule has 0 aliphatic carbocycles. The van der Waals surface area contributed by atoms with Crippen LogP contribution in [0.3, 0.4) is 0 Å². The molecule has 1 saturated heterocycles. The molecule has 1 fully saturated rings. The van der Waals surface area contributed by atoms with Gasteiger partial charge in [0.25, 0.3) is 0 Å². The molecule has 1 aromatic rings. The monoisotopic (exact) mass is 224 g/mol. The molecule has 3 nitrogen and oxygen atoms in total. The van der Waals surface area contributed by atoms with Crippen molar-refractivity contribution in [1.29, 1.82) is 0 Å². The molecule has 0 spiro atoms. The number of nitrogens with zero attached hydrogens (tertiary/aromatic N) is 1. The molecule has 2 heterocycles. The number of rotatable bonds is 3. The number of aryl methyl sites for hydroxylation is 1. The summed E-state index contributed by atoms with van der Waals surface area (Å²) in [4.78, 5) is 4.32. The Balaban J connectivity index is 1.94. The van der Waals surface area contributed by atoms with Gasteiger partial charge in [-0.2, -0.15) is 0 Å². The summed E-state index contributed by atoms with van der Waals surface area (Å²) < 4.78 is 12.9. The molecule has 88 valence electrons. The molecular weight excluding hydrogens is 207 g/mol. The first-order valence-corrected chi connectivity index (χ1v) is 5.63. The van der Waals surface area contributed by atoms with Crippen molar-refractivity contribution < 1.29 is 9.50 Å². The van der Waals surface area contributed by atoms with E-state index in [2.05, 4.69) is 10.3 Å². The quantitative estimate of drug-likeness (QED) is 0.805. The van der Waals surface area contributed by atoms with Crippen LogP contribution < -0.4 is 5.32 Å². The van der Waals surface area contributed by atoms with Gasteiger partial charge in [0, 0.05) is 30.4 Å². The van der Waals surface area contributed by atoms with Gasteiger partial charge in [-0.15, -0.1) is 0 Å². The van der Waals surface area contributed by atoms with Crippen LogP contribution in [-0.4, -0.2) is 35.0 Å². The van der Waals surface area contributed by atoms with E-state index in [-0.39, 0.29) is 6.04 Å². The summed E-state index contributed by atoms with van der Waals surface area (Å²) >= 11 is 0. The van der Waals surface area contributed by atoms with Crippen molar-refractivity contribution in [3.8, 4) is 0 Å². The zero-order valence-corrected chi connectivity index (χ0v) is 9.36. The van der Waals surface area contributed by atoms with E-state index in [1.165, 1.54) is 0 Å². The molecular formula is C12H17FN2O. The van der Waals surface area contributed by atoms with Gasteiger partial charge in [-0.3, -0.25) is 4.98 Å². The number of nitrogens with one attached hydrogen (secondary N) is 1. The number of halogens is 1. The first-order valence-electron chi connectivity index (χ1n) is 5.63. The Morgan fingerprint density at radius 1 is 1.62 bits per heavy atom. The summed E-state index contributed by atoms with van der Waals surface area (Å²) in [5, 5.41) is 12.9. The Morgan fingerprint density at radius 2 is 2.44 bits per heavy atom. The third-order valence-corrected chi connectivity index (χ3v) is 2.94. The van der Waals surface area contributed by atoms with Gasteiger partial charge in [-0.25, -0.2) is 4.39 Å². The van der Waals surface area contributed by atoms with Crippen LogP contribution >= 0.6 is 0 Å². The van der Waals surface area contributed by atoms with Crippen molar-refractivity contribution in [1.82, 2.24) is 10.3 Å². The van der Waals surface area contributed by atoms with Gasteiger partial charge in [0.05, 0.1) is 6.10 Å². The van der Waals surface area contributed by atoms with Crippen molar-refractivity contribution in [2.45, 2.75) is 38.1 Å². The Hall–Kier alpha value is -1.00. The van der Waals surface area contributed by atoms with Crippen molar-refractivity contribution in [2.24, 2.45) is 0 Å². The molecule has 0 aromatic carbocycles. The van der Waals surface area contributed by atoms with Gasteiger partial charge in [0.1, 0.15) is 6.17 Å². The Bertz CT molecular complexity index is 359. The zero-order valence-electron chi connectivity index (χ0n) is 9.36. The fourth-order valence-electron chi connectivity index (χ4n) is 2.08. The third-order valence-electron chi connectivity index (χ3n) is 2.94. The minimum Gasteiger partial charge on any atom is -0.391 e. The minimum atomic E-state index is -0.829. The summed E-state index contributed by atoms with van der Waals surface area (Å²) in [6.07, 6.45) is -0.515. The molecule has 0 radical (unpaired) electrons. The number of pyridine rings is 1. The van der Waals surface area contributed by atoms with Crippen LogP contribution in [0.2, 0.25) is 0 Å². The molecule has 2 rings (SSSR count). The number of hydrogen-bond acceptors (Lipinski definition) is 3. The van der Waals surface area contributed by atoms with Gasteiger partial charge >= 0.3 is 0 Å². The maximum Gasteiger partial charge on any atom is 0.114 e. The number of hydrogen-bond donors (Lipinski definition) is 2. The fourth-order valence-corrected chi connectivity index (χ4v) is 2.08. The highest BCUT2D eigenvalue weighted by Gasteiger charge is 2.29. The molecule has 1 unspecified atom stereocenters. The van der Waals surface area contributed by atoms with Gasteiger partial charge in [-0.1, -0.05) is 6.07 Å². The van der Waals surface area contributed by atoms with E-state index in [9.17, 15) is 9.50 Å². The molecule has 16 heavy (non-hydrogen) atoms. The number of alkyl halides is 1. The van der Waals surface area contributed by atoms with Crippen LogP contribution in [0.5, 0.6) is 0 Å². The lowest BCUT2D eigenvalue weighted by molar-refractivity contribution is 0.132. The molecule has 0 bridgehead atoms. The van der Waals surface area contributed by atoms with Crippen LogP contribution in [0.25, 0.3) is 0 Å². The standard InChI is InChI=1S/C12H17FN2O/c1-8-3-2-4-10(15-8)6-12(16)11-5-9(13)7-14-11/h2-4,9,11-12,14,16H,5-7H2,1H3/t9-,11+,12?/m1/s1. The first kappa shape index (κ1) is 11.5. The molecule has 1 aromatic heterocycles. The van der Waals surface area contributed by atoms with Crippen LogP contribution in [0, 0.1) is 6.92 Å². The predicted octanol–water partition coefficient (Wildman–Crippen LogP) is 0.993. The number of aromatic nitrogens is 1. The largest absolute Gasteiger partial charge is 0.391 e. The second-order valence-corrected chi connectivity index (χ2v) is 4.39. The maximum absolute atomic E-state index is 12.9. The van der Waals surface area contributed by atoms with E-state index in [0.29, 0.717) is 19.4 Å². The summed E-state index contributed by atoms with van der Waals surface area (Å²) in [6.45, 7) is 2.27. The van der Waals surface area contributed by atoms with E-state index >= 15 is 0 Å². The molecule has 3 atom stereocenters.